The molecular formula is C35H26BrN3O2. The van der Waals surface area contributed by atoms with Crippen molar-refractivity contribution in [3.63, 3.8) is 0 Å². The lowest BCUT2D eigenvalue weighted by molar-refractivity contribution is 0.0955. The third kappa shape index (κ3) is 5.69. The van der Waals surface area contributed by atoms with Crippen LogP contribution >= 0.6 is 15.9 Å². The van der Waals surface area contributed by atoms with E-state index in [0.717, 1.165) is 49.6 Å². The third-order valence-electron chi connectivity index (χ3n) is 6.78. The summed E-state index contributed by atoms with van der Waals surface area (Å²) in [4.78, 5) is 12.8. The Morgan fingerprint density at radius 3 is 2.02 bits per heavy atom. The molecule has 0 radical (unpaired) electrons. The first-order chi connectivity index (χ1) is 20.1. The minimum absolute atomic E-state index is 0.306. The minimum Gasteiger partial charge on any atom is -0.455 e. The molecule has 2 heterocycles. The van der Waals surface area contributed by atoms with Crippen LogP contribution < -0.4 is 5.43 Å². The maximum atomic E-state index is 12.8. The van der Waals surface area contributed by atoms with Crippen molar-refractivity contribution >= 4 is 28.1 Å². The molecular weight excluding hydrogens is 574 g/mol. The smallest absolute Gasteiger partial charge is 0.271 e. The Morgan fingerprint density at radius 1 is 0.780 bits per heavy atom. The molecule has 0 bridgehead atoms. The van der Waals surface area contributed by atoms with E-state index in [1.807, 2.05) is 97.9 Å². The lowest BCUT2D eigenvalue weighted by Crippen LogP contribution is -2.17. The number of carbonyl (C=O) groups excluding carboxylic acids is 1. The number of nitrogens with one attached hydrogen (secondary N) is 1. The lowest BCUT2D eigenvalue weighted by atomic mass is 10.1. The number of hydrogen-bond acceptors (Lipinski definition) is 3. The van der Waals surface area contributed by atoms with Crippen molar-refractivity contribution in [3.8, 4) is 39.5 Å². The Kier molecular flexibility index (Phi) is 7.48. The molecule has 0 aliphatic heterocycles. The topological polar surface area (TPSA) is 59.5 Å². The van der Waals surface area contributed by atoms with Crippen LogP contribution in [0.1, 0.15) is 21.7 Å². The van der Waals surface area contributed by atoms with Crippen molar-refractivity contribution in [2.75, 3.05) is 0 Å². The van der Waals surface area contributed by atoms with Crippen molar-refractivity contribution in [3.05, 3.63) is 149 Å². The van der Waals surface area contributed by atoms with Crippen LogP contribution in [0.3, 0.4) is 0 Å². The summed E-state index contributed by atoms with van der Waals surface area (Å²) in [5.74, 6) is 0.951. The lowest BCUT2D eigenvalue weighted by Gasteiger charge is -2.15. The van der Waals surface area contributed by atoms with Gasteiger partial charge in [-0.25, -0.2) is 5.43 Å². The number of rotatable bonds is 7. The molecule has 2 aromatic heterocycles. The van der Waals surface area contributed by atoms with Crippen molar-refractivity contribution in [2.24, 2.45) is 5.10 Å². The van der Waals surface area contributed by atoms with Crippen molar-refractivity contribution in [2.45, 2.75) is 6.92 Å². The summed E-state index contributed by atoms with van der Waals surface area (Å²) < 4.78 is 9.07. The van der Waals surface area contributed by atoms with Gasteiger partial charge < -0.3 is 8.98 Å². The van der Waals surface area contributed by atoms with Crippen LogP contribution in [0.5, 0.6) is 0 Å². The Balaban J connectivity index is 1.21. The number of benzene rings is 4. The second kappa shape index (κ2) is 11.7. The fourth-order valence-corrected chi connectivity index (χ4v) is 5.44. The quantitative estimate of drug-likeness (QED) is 0.147. The minimum atomic E-state index is -0.306. The predicted molar refractivity (Wildman–Crippen MR) is 168 cm³/mol. The molecule has 0 atom stereocenters. The Morgan fingerprint density at radius 2 is 1.41 bits per heavy atom. The van der Waals surface area contributed by atoms with Gasteiger partial charge in [0.05, 0.1) is 17.6 Å². The van der Waals surface area contributed by atoms with E-state index >= 15 is 0 Å². The maximum absolute atomic E-state index is 12.8. The number of nitrogens with zero attached hydrogens (tertiary/aromatic N) is 2. The molecule has 0 saturated heterocycles. The zero-order valence-corrected chi connectivity index (χ0v) is 23.9. The average molecular weight is 601 g/mol. The number of hydrogen-bond donors (Lipinski definition) is 1. The van der Waals surface area contributed by atoms with E-state index in [9.17, 15) is 4.79 Å². The van der Waals surface area contributed by atoms with Crippen LogP contribution in [-0.4, -0.2) is 16.7 Å². The van der Waals surface area contributed by atoms with E-state index in [1.165, 1.54) is 6.21 Å². The number of aryl methyl sites for hydroxylation is 1. The Hall–Kier alpha value is -4.94. The first-order valence-electron chi connectivity index (χ1n) is 13.2. The zero-order chi connectivity index (χ0) is 28.2. The van der Waals surface area contributed by atoms with Gasteiger partial charge in [0.25, 0.3) is 5.91 Å². The van der Waals surface area contributed by atoms with Gasteiger partial charge in [-0.1, -0.05) is 82.7 Å². The summed E-state index contributed by atoms with van der Waals surface area (Å²) in [6.07, 6.45) is 1.50. The standard InChI is InChI=1S/C35H26BrN3O2/c1-24-12-18-30(31(36)22-24)34-21-17-29(41-34)23-37-38-35(40)27-13-15-28(16-14-27)39-32(25-8-4-2-5-9-25)19-20-33(39)26-10-6-3-7-11-26/h2-23H,1H3,(H,38,40)/b37-23-. The molecule has 5 nitrogen and oxygen atoms in total. The molecule has 6 heteroatoms. The highest BCUT2D eigenvalue weighted by Gasteiger charge is 2.14. The largest absolute Gasteiger partial charge is 0.455 e. The summed E-state index contributed by atoms with van der Waals surface area (Å²) in [7, 11) is 0. The molecule has 0 unspecified atom stereocenters. The first-order valence-corrected chi connectivity index (χ1v) is 14.0. The van der Waals surface area contributed by atoms with E-state index in [0.29, 0.717) is 11.3 Å². The Bertz CT molecular complexity index is 1780. The molecule has 0 aliphatic rings. The van der Waals surface area contributed by atoms with Gasteiger partial charge in [0.1, 0.15) is 11.5 Å². The van der Waals surface area contributed by atoms with E-state index in [1.54, 1.807) is 0 Å². The van der Waals surface area contributed by atoms with Crippen LogP contribution in [0.2, 0.25) is 0 Å². The van der Waals surface area contributed by atoms with Gasteiger partial charge in [-0.15, -0.1) is 0 Å². The van der Waals surface area contributed by atoms with E-state index in [-0.39, 0.29) is 5.91 Å². The number of aromatic nitrogens is 1. The molecule has 6 rings (SSSR count). The van der Waals surface area contributed by atoms with Gasteiger partial charge in [-0.3, -0.25) is 4.79 Å². The first kappa shape index (κ1) is 26.3. The molecule has 0 fully saturated rings. The summed E-state index contributed by atoms with van der Waals surface area (Å²) >= 11 is 3.59. The van der Waals surface area contributed by atoms with Gasteiger partial charge in [0.15, 0.2) is 0 Å². The van der Waals surface area contributed by atoms with Crippen molar-refractivity contribution < 1.29 is 9.21 Å². The number of amides is 1. The molecule has 0 saturated carbocycles. The van der Waals surface area contributed by atoms with Crippen LogP contribution in [0, 0.1) is 6.92 Å². The van der Waals surface area contributed by atoms with Crippen molar-refractivity contribution in [1.29, 1.82) is 0 Å². The van der Waals surface area contributed by atoms with Gasteiger partial charge in [0, 0.05) is 21.3 Å². The molecule has 0 spiro atoms. The monoisotopic (exact) mass is 599 g/mol. The fraction of sp³-hybridized carbons (Fsp3) is 0.0286. The summed E-state index contributed by atoms with van der Waals surface area (Å²) in [6, 6.07) is 42.1. The van der Waals surface area contributed by atoms with Gasteiger partial charge in [-0.05, 0) is 84.3 Å². The van der Waals surface area contributed by atoms with Crippen LogP contribution in [-0.2, 0) is 0 Å². The average Bonchev–Trinajstić information content (AvgIpc) is 3.66. The molecule has 6 aromatic rings. The van der Waals surface area contributed by atoms with E-state index in [2.05, 4.69) is 67.4 Å². The van der Waals surface area contributed by atoms with Gasteiger partial charge >= 0.3 is 0 Å². The number of halogens is 1. The zero-order valence-electron chi connectivity index (χ0n) is 22.3. The predicted octanol–water partition coefficient (Wildman–Crippen LogP) is 8.91. The SMILES string of the molecule is Cc1ccc(-c2ccc(/C=N\NC(=O)c3ccc(-n4c(-c5ccccc5)ccc4-c4ccccc4)cc3)o2)c(Br)c1. The number of furan rings is 1. The van der Waals surface area contributed by atoms with Crippen LogP contribution in [0.25, 0.3) is 39.5 Å². The normalized spacial score (nSPS) is 11.2. The van der Waals surface area contributed by atoms with Gasteiger partial charge in [-0.2, -0.15) is 5.10 Å². The van der Waals surface area contributed by atoms with Gasteiger partial charge in [0.2, 0.25) is 0 Å². The molecule has 4 aromatic carbocycles. The second-order valence-electron chi connectivity index (χ2n) is 9.60. The third-order valence-corrected chi connectivity index (χ3v) is 7.44. The number of hydrazone groups is 1. The highest BCUT2D eigenvalue weighted by molar-refractivity contribution is 9.10. The summed E-state index contributed by atoms with van der Waals surface area (Å²) in [5.41, 5.74) is 10.5. The van der Waals surface area contributed by atoms with E-state index in [4.69, 9.17) is 4.42 Å². The maximum Gasteiger partial charge on any atom is 0.271 e. The van der Waals surface area contributed by atoms with Crippen molar-refractivity contribution in [1.82, 2.24) is 9.99 Å². The molecule has 1 amide bonds. The summed E-state index contributed by atoms with van der Waals surface area (Å²) in [5, 5.41) is 4.11. The highest BCUT2D eigenvalue weighted by atomic mass is 79.9. The second-order valence-corrected chi connectivity index (χ2v) is 10.5. The van der Waals surface area contributed by atoms with Crippen LogP contribution in [0.4, 0.5) is 0 Å². The van der Waals surface area contributed by atoms with E-state index < -0.39 is 0 Å². The summed E-state index contributed by atoms with van der Waals surface area (Å²) in [6.45, 7) is 2.04. The van der Waals surface area contributed by atoms with Crippen LogP contribution in [0.15, 0.2) is 141 Å². The highest BCUT2D eigenvalue weighted by Crippen LogP contribution is 2.33. The fourth-order valence-electron chi connectivity index (χ4n) is 4.75. The molecule has 0 aliphatic carbocycles. The Labute approximate surface area is 246 Å². The number of carbonyl (C=O) groups is 1. The molecule has 200 valence electrons. The molecule has 1 N–H and O–H groups in total. The molecule has 41 heavy (non-hydrogen) atoms.